The molecule has 5 nitrogen and oxygen atoms in total. The number of amides is 2. The zero-order chi connectivity index (χ0) is 22.9. The molecule has 3 aromatic rings. The number of imide groups is 1. The van der Waals surface area contributed by atoms with Crippen molar-refractivity contribution in [1.29, 1.82) is 0 Å². The molecule has 2 amide bonds. The molecular formula is C23H17F3N2O3S. The Labute approximate surface area is 185 Å². The van der Waals surface area contributed by atoms with Crippen LogP contribution in [-0.4, -0.2) is 18.4 Å². The van der Waals surface area contributed by atoms with Gasteiger partial charge in [0.25, 0.3) is 11.8 Å². The summed E-state index contributed by atoms with van der Waals surface area (Å²) < 4.78 is 44.8. The fraction of sp³-hybridized carbons (Fsp3) is 0.130. The minimum atomic E-state index is -4.54. The fourth-order valence-electron chi connectivity index (χ4n) is 3.33. The molecule has 9 heteroatoms. The second kappa shape index (κ2) is 8.51. The second-order valence-electron chi connectivity index (χ2n) is 6.81. The number of carbonyl (C=O) groups is 2. The largest absolute Gasteiger partial charge is 0.494 e. The zero-order valence-electron chi connectivity index (χ0n) is 16.8. The van der Waals surface area contributed by atoms with Crippen LogP contribution in [0, 0.1) is 0 Å². The first-order valence-corrected chi connectivity index (χ1v) is 10.5. The van der Waals surface area contributed by atoms with E-state index in [1.807, 2.05) is 6.92 Å². The summed E-state index contributed by atoms with van der Waals surface area (Å²) in [7, 11) is 0. The molecule has 0 bridgehead atoms. The molecule has 0 saturated heterocycles. The van der Waals surface area contributed by atoms with Crippen molar-refractivity contribution < 1.29 is 27.5 Å². The molecule has 4 rings (SSSR count). The molecule has 0 fully saturated rings. The molecule has 2 heterocycles. The van der Waals surface area contributed by atoms with Gasteiger partial charge in [0, 0.05) is 16.6 Å². The van der Waals surface area contributed by atoms with Gasteiger partial charge in [-0.1, -0.05) is 18.2 Å². The highest BCUT2D eigenvalue weighted by molar-refractivity contribution is 7.11. The molecule has 0 radical (unpaired) electrons. The molecule has 0 aliphatic carbocycles. The summed E-state index contributed by atoms with van der Waals surface area (Å²) in [5, 5.41) is 4.50. The van der Waals surface area contributed by atoms with Crippen molar-refractivity contribution in [3.63, 3.8) is 0 Å². The topological polar surface area (TPSA) is 58.6 Å². The zero-order valence-corrected chi connectivity index (χ0v) is 17.6. The normalized spacial score (nSPS) is 14.3. The van der Waals surface area contributed by atoms with E-state index in [1.54, 1.807) is 41.8 Å². The maximum atomic E-state index is 13.3. The van der Waals surface area contributed by atoms with E-state index in [1.165, 1.54) is 23.5 Å². The molecule has 164 valence electrons. The predicted octanol–water partition coefficient (Wildman–Crippen LogP) is 5.56. The molecule has 0 unspecified atom stereocenters. The number of thiophene rings is 1. The number of halogens is 3. The highest BCUT2D eigenvalue weighted by Crippen LogP contribution is 2.37. The van der Waals surface area contributed by atoms with Gasteiger partial charge in [-0.25, -0.2) is 4.90 Å². The lowest BCUT2D eigenvalue weighted by Crippen LogP contribution is -2.32. The van der Waals surface area contributed by atoms with Crippen LogP contribution in [0.5, 0.6) is 5.75 Å². The average molecular weight is 458 g/mol. The average Bonchev–Trinajstić information content (AvgIpc) is 3.35. The van der Waals surface area contributed by atoms with Crippen LogP contribution in [0.25, 0.3) is 5.57 Å². The first-order valence-electron chi connectivity index (χ1n) is 9.63. The van der Waals surface area contributed by atoms with Crippen LogP contribution in [-0.2, 0) is 15.8 Å². The van der Waals surface area contributed by atoms with E-state index in [9.17, 15) is 22.8 Å². The van der Waals surface area contributed by atoms with Crippen LogP contribution in [0.2, 0.25) is 0 Å². The van der Waals surface area contributed by atoms with E-state index in [0.29, 0.717) is 22.9 Å². The van der Waals surface area contributed by atoms with Gasteiger partial charge in [0.15, 0.2) is 0 Å². The van der Waals surface area contributed by atoms with Crippen molar-refractivity contribution in [2.75, 3.05) is 16.8 Å². The Morgan fingerprint density at radius 3 is 2.47 bits per heavy atom. The van der Waals surface area contributed by atoms with E-state index >= 15 is 0 Å². The third-order valence-electron chi connectivity index (χ3n) is 4.70. The van der Waals surface area contributed by atoms with Crippen LogP contribution >= 0.6 is 11.3 Å². The number of hydrogen-bond acceptors (Lipinski definition) is 5. The van der Waals surface area contributed by atoms with Gasteiger partial charge < -0.3 is 10.1 Å². The van der Waals surface area contributed by atoms with Crippen LogP contribution in [0.3, 0.4) is 0 Å². The number of benzene rings is 2. The SMILES string of the molecule is CCOc1cccc(N2C(=O)C(Nc3cccc(C(F)(F)F)c3)=C(c3cccs3)C2=O)c1. The van der Waals surface area contributed by atoms with E-state index in [0.717, 1.165) is 17.0 Å². The summed E-state index contributed by atoms with van der Waals surface area (Å²) >= 11 is 1.25. The highest BCUT2D eigenvalue weighted by atomic mass is 32.1. The third-order valence-corrected chi connectivity index (χ3v) is 5.58. The lowest BCUT2D eigenvalue weighted by Gasteiger charge is -2.16. The van der Waals surface area contributed by atoms with E-state index in [2.05, 4.69) is 5.32 Å². The third kappa shape index (κ3) is 4.11. The van der Waals surface area contributed by atoms with Gasteiger partial charge in [-0.3, -0.25) is 9.59 Å². The summed E-state index contributed by atoms with van der Waals surface area (Å²) in [4.78, 5) is 28.1. The van der Waals surface area contributed by atoms with Gasteiger partial charge in [0.1, 0.15) is 11.4 Å². The Balaban J connectivity index is 1.76. The van der Waals surface area contributed by atoms with E-state index in [-0.39, 0.29) is 17.0 Å². The first-order chi connectivity index (χ1) is 15.3. The molecule has 32 heavy (non-hydrogen) atoms. The van der Waals surface area contributed by atoms with Crippen molar-refractivity contribution in [3.8, 4) is 5.75 Å². The summed E-state index contributed by atoms with van der Waals surface area (Å²) in [5.74, 6) is -0.743. The van der Waals surface area contributed by atoms with Gasteiger partial charge in [0.05, 0.1) is 23.4 Å². The minimum Gasteiger partial charge on any atom is -0.494 e. The van der Waals surface area contributed by atoms with Crippen LogP contribution in [0.1, 0.15) is 17.4 Å². The number of hydrogen-bond donors (Lipinski definition) is 1. The van der Waals surface area contributed by atoms with Crippen molar-refractivity contribution in [1.82, 2.24) is 0 Å². The quantitative estimate of drug-likeness (QED) is 0.491. The monoisotopic (exact) mass is 458 g/mol. The molecule has 0 saturated carbocycles. The van der Waals surface area contributed by atoms with Crippen LogP contribution < -0.4 is 15.0 Å². The molecular weight excluding hydrogens is 441 g/mol. The maximum absolute atomic E-state index is 13.3. The lowest BCUT2D eigenvalue weighted by atomic mass is 10.1. The molecule has 2 aromatic carbocycles. The van der Waals surface area contributed by atoms with Gasteiger partial charge in [-0.15, -0.1) is 11.3 Å². The molecule has 1 aromatic heterocycles. The van der Waals surface area contributed by atoms with Crippen molar-refractivity contribution in [2.24, 2.45) is 0 Å². The second-order valence-corrected chi connectivity index (χ2v) is 7.75. The summed E-state index contributed by atoms with van der Waals surface area (Å²) in [6.07, 6.45) is -4.54. The van der Waals surface area contributed by atoms with Gasteiger partial charge in [-0.05, 0) is 48.7 Å². The van der Waals surface area contributed by atoms with Crippen LogP contribution in [0.4, 0.5) is 24.5 Å². The number of nitrogens with one attached hydrogen (secondary N) is 1. The number of ether oxygens (including phenoxy) is 1. The molecule has 0 atom stereocenters. The molecule has 1 N–H and O–H groups in total. The standard InChI is InChI=1S/C23H17F3N2O3S/c1-2-31-17-9-4-8-16(13-17)28-21(29)19(18-10-5-11-32-18)20(22(28)30)27-15-7-3-6-14(12-15)23(24,25)26/h3-13,27H,2H2,1H3. The number of carbonyl (C=O) groups excluding carboxylic acids is 2. The molecule has 1 aliphatic heterocycles. The van der Waals surface area contributed by atoms with Gasteiger partial charge in [0.2, 0.25) is 0 Å². The van der Waals surface area contributed by atoms with Crippen molar-refractivity contribution >= 4 is 40.1 Å². The van der Waals surface area contributed by atoms with Gasteiger partial charge >= 0.3 is 6.18 Å². The van der Waals surface area contributed by atoms with Crippen LogP contribution in [0.15, 0.2) is 71.7 Å². The lowest BCUT2D eigenvalue weighted by molar-refractivity contribution is -0.137. The minimum absolute atomic E-state index is 0.0509. The summed E-state index contributed by atoms with van der Waals surface area (Å²) in [5.41, 5.74) is -0.488. The summed E-state index contributed by atoms with van der Waals surface area (Å²) in [6, 6.07) is 14.4. The fourth-order valence-corrected chi connectivity index (χ4v) is 4.09. The van der Waals surface area contributed by atoms with Crippen molar-refractivity contribution in [3.05, 3.63) is 82.2 Å². The summed E-state index contributed by atoms with van der Waals surface area (Å²) in [6.45, 7) is 2.22. The Kier molecular flexibility index (Phi) is 5.75. The maximum Gasteiger partial charge on any atom is 0.416 e. The number of nitrogens with zero attached hydrogens (tertiary/aromatic N) is 1. The Morgan fingerprint density at radius 2 is 1.78 bits per heavy atom. The van der Waals surface area contributed by atoms with E-state index < -0.39 is 23.6 Å². The van der Waals surface area contributed by atoms with Crippen molar-refractivity contribution in [2.45, 2.75) is 13.1 Å². The Hall–Kier alpha value is -3.59. The molecule has 1 aliphatic rings. The first kappa shape index (κ1) is 21.6. The van der Waals surface area contributed by atoms with E-state index in [4.69, 9.17) is 4.74 Å². The number of anilines is 2. The number of alkyl halides is 3. The Bertz CT molecular complexity index is 1200. The van der Waals surface area contributed by atoms with Gasteiger partial charge in [-0.2, -0.15) is 13.2 Å². The predicted molar refractivity (Wildman–Crippen MR) is 116 cm³/mol. The number of rotatable bonds is 6. The smallest absolute Gasteiger partial charge is 0.416 e. The molecule has 0 spiro atoms. The Morgan fingerprint density at radius 1 is 1.00 bits per heavy atom. The highest BCUT2D eigenvalue weighted by Gasteiger charge is 2.41.